The predicted molar refractivity (Wildman–Crippen MR) is 129 cm³/mol. The molecular weight excluding hydrogens is 398 g/mol. The largest absolute Gasteiger partial charge is 0.492 e. The fourth-order valence-electron chi connectivity index (χ4n) is 4.36. The van der Waals surface area contributed by atoms with E-state index < -0.39 is 0 Å². The molecule has 0 atom stereocenters. The fourth-order valence-corrected chi connectivity index (χ4v) is 4.36. The number of pyridine rings is 1. The number of hydrogen-bond donors (Lipinski definition) is 1. The molecule has 3 heterocycles. The molecule has 4 aromatic rings. The van der Waals surface area contributed by atoms with E-state index in [9.17, 15) is 0 Å². The van der Waals surface area contributed by atoms with Crippen LogP contribution in [0.25, 0.3) is 16.9 Å². The minimum Gasteiger partial charge on any atom is -0.492 e. The number of ether oxygens (including phenoxy) is 1. The number of rotatable bonds is 7. The van der Waals surface area contributed by atoms with Gasteiger partial charge in [-0.1, -0.05) is 23.3 Å². The van der Waals surface area contributed by atoms with E-state index in [0.29, 0.717) is 5.95 Å². The number of fused-ring (bicyclic) bond motifs is 1. The van der Waals surface area contributed by atoms with Crippen LogP contribution in [-0.2, 0) is 0 Å². The molecule has 0 saturated carbocycles. The van der Waals surface area contributed by atoms with Crippen molar-refractivity contribution in [3.05, 3.63) is 71.8 Å². The number of likely N-dealkylation sites (tertiary alicyclic amines) is 1. The summed E-state index contributed by atoms with van der Waals surface area (Å²) in [6.07, 6.45) is 2.62. The van der Waals surface area contributed by atoms with Gasteiger partial charge in [-0.05, 0) is 88.3 Å². The second kappa shape index (κ2) is 9.01. The molecule has 0 aliphatic carbocycles. The molecule has 2 aromatic heterocycles. The summed E-state index contributed by atoms with van der Waals surface area (Å²) < 4.78 is 7.80. The Morgan fingerprint density at radius 1 is 0.938 bits per heavy atom. The number of anilines is 2. The highest BCUT2D eigenvalue weighted by molar-refractivity contribution is 5.66. The average Bonchev–Trinajstić information content (AvgIpc) is 3.43. The standard InChI is InChI=1S/C26H29N5O/c1-19-16-20(2)18-21(17-19)24-6-5-7-25-28-26(29-31(24)25)27-22-8-10-23(11-9-22)32-15-14-30-12-3-4-13-30/h5-11,16-18H,3-4,12-15H2,1-2H3,(H,27,29). The van der Waals surface area contributed by atoms with Crippen molar-refractivity contribution in [3.63, 3.8) is 0 Å². The summed E-state index contributed by atoms with van der Waals surface area (Å²) in [6.45, 7) is 8.35. The van der Waals surface area contributed by atoms with Crippen LogP contribution in [0.5, 0.6) is 5.75 Å². The van der Waals surface area contributed by atoms with Gasteiger partial charge in [0.15, 0.2) is 5.65 Å². The summed E-state index contributed by atoms with van der Waals surface area (Å²) in [7, 11) is 0. The summed E-state index contributed by atoms with van der Waals surface area (Å²) in [5.41, 5.74) is 6.37. The average molecular weight is 428 g/mol. The van der Waals surface area contributed by atoms with Gasteiger partial charge < -0.3 is 10.1 Å². The van der Waals surface area contributed by atoms with Gasteiger partial charge in [0.25, 0.3) is 0 Å². The monoisotopic (exact) mass is 427 g/mol. The number of nitrogens with zero attached hydrogens (tertiary/aromatic N) is 4. The third-order valence-electron chi connectivity index (χ3n) is 5.86. The molecule has 164 valence electrons. The second-order valence-corrected chi connectivity index (χ2v) is 8.54. The predicted octanol–water partition coefficient (Wildman–Crippen LogP) is 5.23. The zero-order chi connectivity index (χ0) is 21.9. The quantitative estimate of drug-likeness (QED) is 0.438. The van der Waals surface area contributed by atoms with E-state index in [4.69, 9.17) is 9.84 Å². The minimum atomic E-state index is 0.574. The lowest BCUT2D eigenvalue weighted by atomic mass is 10.0. The van der Waals surface area contributed by atoms with Crippen LogP contribution in [0.3, 0.4) is 0 Å². The van der Waals surface area contributed by atoms with Crippen LogP contribution in [0.15, 0.2) is 60.7 Å². The molecule has 1 fully saturated rings. The van der Waals surface area contributed by atoms with Gasteiger partial charge in [-0.25, -0.2) is 4.52 Å². The summed E-state index contributed by atoms with van der Waals surface area (Å²) in [5.74, 6) is 1.46. The molecule has 5 rings (SSSR count). The Morgan fingerprint density at radius 2 is 1.69 bits per heavy atom. The molecule has 0 amide bonds. The topological polar surface area (TPSA) is 54.7 Å². The van der Waals surface area contributed by atoms with Crippen LogP contribution in [0.1, 0.15) is 24.0 Å². The molecule has 0 radical (unpaired) electrons. The molecule has 6 nitrogen and oxygen atoms in total. The van der Waals surface area contributed by atoms with Crippen LogP contribution < -0.4 is 10.1 Å². The van der Waals surface area contributed by atoms with Gasteiger partial charge in [-0.2, -0.15) is 4.98 Å². The van der Waals surface area contributed by atoms with E-state index >= 15 is 0 Å². The van der Waals surface area contributed by atoms with Gasteiger partial charge in [0.2, 0.25) is 5.95 Å². The van der Waals surface area contributed by atoms with Crippen molar-refractivity contribution in [1.82, 2.24) is 19.5 Å². The van der Waals surface area contributed by atoms with Crippen LogP contribution in [0, 0.1) is 13.8 Å². The maximum atomic E-state index is 5.90. The van der Waals surface area contributed by atoms with E-state index in [0.717, 1.165) is 41.5 Å². The van der Waals surface area contributed by atoms with Gasteiger partial charge in [0.1, 0.15) is 12.4 Å². The van der Waals surface area contributed by atoms with E-state index in [1.54, 1.807) is 0 Å². The smallest absolute Gasteiger partial charge is 0.247 e. The lowest BCUT2D eigenvalue weighted by Gasteiger charge is -2.15. The molecule has 1 saturated heterocycles. The Kier molecular flexibility index (Phi) is 5.77. The first-order valence-electron chi connectivity index (χ1n) is 11.3. The van der Waals surface area contributed by atoms with E-state index in [2.05, 4.69) is 53.3 Å². The van der Waals surface area contributed by atoms with Crippen molar-refractivity contribution in [2.45, 2.75) is 26.7 Å². The first-order valence-corrected chi connectivity index (χ1v) is 11.3. The van der Waals surface area contributed by atoms with Crippen LogP contribution >= 0.6 is 0 Å². The van der Waals surface area contributed by atoms with Crippen molar-refractivity contribution in [2.24, 2.45) is 0 Å². The van der Waals surface area contributed by atoms with Gasteiger partial charge >= 0.3 is 0 Å². The van der Waals surface area contributed by atoms with Crippen molar-refractivity contribution >= 4 is 17.3 Å². The molecule has 1 aliphatic rings. The maximum absolute atomic E-state index is 5.90. The van der Waals surface area contributed by atoms with Crippen molar-refractivity contribution in [2.75, 3.05) is 31.6 Å². The van der Waals surface area contributed by atoms with Gasteiger partial charge in [-0.15, -0.1) is 5.10 Å². The fraction of sp³-hybridized carbons (Fsp3) is 0.308. The summed E-state index contributed by atoms with van der Waals surface area (Å²) in [5, 5.41) is 8.03. The lowest BCUT2D eigenvalue weighted by Crippen LogP contribution is -2.25. The highest BCUT2D eigenvalue weighted by Gasteiger charge is 2.12. The van der Waals surface area contributed by atoms with Crippen LogP contribution in [0.2, 0.25) is 0 Å². The maximum Gasteiger partial charge on any atom is 0.247 e. The Hall–Kier alpha value is -3.38. The molecule has 2 aromatic carbocycles. The summed E-state index contributed by atoms with van der Waals surface area (Å²) >= 11 is 0. The van der Waals surface area contributed by atoms with E-state index in [1.165, 1.54) is 37.1 Å². The Balaban J connectivity index is 1.29. The van der Waals surface area contributed by atoms with Crippen molar-refractivity contribution in [3.8, 4) is 17.0 Å². The van der Waals surface area contributed by atoms with Crippen LogP contribution in [-0.4, -0.2) is 45.7 Å². The zero-order valence-electron chi connectivity index (χ0n) is 18.7. The number of aryl methyl sites for hydroxylation is 2. The normalized spacial score (nSPS) is 14.2. The summed E-state index contributed by atoms with van der Waals surface area (Å²) in [4.78, 5) is 7.11. The highest BCUT2D eigenvalue weighted by Crippen LogP contribution is 2.25. The molecule has 0 unspecified atom stereocenters. The number of benzene rings is 2. The molecule has 0 spiro atoms. The molecule has 0 bridgehead atoms. The Labute approximate surface area is 188 Å². The van der Waals surface area contributed by atoms with Crippen molar-refractivity contribution < 1.29 is 4.74 Å². The molecule has 1 N–H and O–H groups in total. The highest BCUT2D eigenvalue weighted by atomic mass is 16.5. The number of aromatic nitrogens is 3. The number of hydrogen-bond acceptors (Lipinski definition) is 5. The molecule has 32 heavy (non-hydrogen) atoms. The van der Waals surface area contributed by atoms with E-state index in [1.807, 2.05) is 40.9 Å². The van der Waals surface area contributed by atoms with Gasteiger partial charge in [0, 0.05) is 17.8 Å². The molecular formula is C26H29N5O. The zero-order valence-corrected chi connectivity index (χ0v) is 18.7. The Bertz CT molecular complexity index is 1190. The van der Waals surface area contributed by atoms with Gasteiger partial charge in [0.05, 0.1) is 5.69 Å². The SMILES string of the molecule is Cc1cc(C)cc(-c2cccc3nc(Nc4ccc(OCCN5CCCC5)cc4)nn23)c1. The molecule has 1 aliphatic heterocycles. The Morgan fingerprint density at radius 3 is 2.44 bits per heavy atom. The lowest BCUT2D eigenvalue weighted by molar-refractivity contribution is 0.238. The van der Waals surface area contributed by atoms with Gasteiger partial charge in [-0.3, -0.25) is 4.90 Å². The third kappa shape index (κ3) is 4.60. The second-order valence-electron chi connectivity index (χ2n) is 8.54. The minimum absolute atomic E-state index is 0.574. The third-order valence-corrected chi connectivity index (χ3v) is 5.86. The first-order chi connectivity index (χ1) is 15.6. The van der Waals surface area contributed by atoms with Crippen LogP contribution in [0.4, 0.5) is 11.6 Å². The van der Waals surface area contributed by atoms with E-state index in [-0.39, 0.29) is 0 Å². The first kappa shape index (κ1) is 20.5. The molecule has 6 heteroatoms. The summed E-state index contributed by atoms with van der Waals surface area (Å²) in [6, 6.07) is 20.6. The van der Waals surface area contributed by atoms with Crippen molar-refractivity contribution in [1.29, 1.82) is 0 Å². The number of nitrogens with one attached hydrogen (secondary N) is 1.